The molecule has 0 saturated heterocycles. The molecule has 2 aliphatic rings. The summed E-state index contributed by atoms with van der Waals surface area (Å²) in [6.07, 6.45) is 1.63. The molecule has 15 heavy (non-hydrogen) atoms. The van der Waals surface area contributed by atoms with Crippen molar-refractivity contribution in [3.8, 4) is 10.4 Å². The molecule has 72 valence electrons. The third kappa shape index (κ3) is 1.30. The number of rotatable bonds is 0. The normalized spacial score (nSPS) is 10.9. The molecule has 2 aliphatic heterocycles. The van der Waals surface area contributed by atoms with E-state index in [0.29, 0.717) is 5.56 Å². The summed E-state index contributed by atoms with van der Waals surface area (Å²) in [7, 11) is 0. The summed E-state index contributed by atoms with van der Waals surface area (Å²) in [6, 6.07) is 9.84. The molecule has 1 aromatic carbocycles. The van der Waals surface area contributed by atoms with Gasteiger partial charge in [0.05, 0.1) is 16.6 Å². The minimum atomic E-state index is -0.255. The van der Waals surface area contributed by atoms with Crippen LogP contribution in [0.2, 0.25) is 0 Å². The highest BCUT2D eigenvalue weighted by molar-refractivity contribution is 7.21. The van der Waals surface area contributed by atoms with Gasteiger partial charge in [0.15, 0.2) is 0 Å². The largest absolute Gasteiger partial charge is 0.296 e. The van der Waals surface area contributed by atoms with Crippen LogP contribution < -0.4 is 5.56 Å². The zero-order valence-corrected chi connectivity index (χ0v) is 8.49. The minimum Gasteiger partial charge on any atom is -0.265 e. The molecule has 0 amide bonds. The van der Waals surface area contributed by atoms with E-state index >= 15 is 0 Å². The molecule has 0 saturated carbocycles. The maximum absolute atomic E-state index is 11.5. The lowest BCUT2D eigenvalue weighted by atomic mass is 10.2. The lowest BCUT2D eigenvalue weighted by molar-refractivity contribution is 0.995. The molecule has 0 atom stereocenters. The van der Waals surface area contributed by atoms with Crippen LogP contribution in [0.5, 0.6) is 0 Å². The van der Waals surface area contributed by atoms with E-state index in [1.165, 1.54) is 0 Å². The van der Waals surface area contributed by atoms with E-state index < -0.39 is 0 Å². The molecule has 0 fully saturated rings. The number of hydrogen-bond donors (Lipinski definition) is 0. The highest BCUT2D eigenvalue weighted by Crippen LogP contribution is 2.29. The van der Waals surface area contributed by atoms with Gasteiger partial charge in [-0.15, -0.1) is 16.4 Å². The molecule has 1 aromatic rings. The Labute approximate surface area is 89.4 Å². The molecule has 0 bridgehead atoms. The summed E-state index contributed by atoms with van der Waals surface area (Å²) in [6.45, 7) is 0. The van der Waals surface area contributed by atoms with E-state index in [-0.39, 0.29) is 5.56 Å². The van der Waals surface area contributed by atoms with E-state index in [1.807, 2.05) is 30.3 Å². The third-order valence-electron chi connectivity index (χ3n) is 2.26. The van der Waals surface area contributed by atoms with Crippen LogP contribution in [0.3, 0.4) is 0 Å². The first kappa shape index (κ1) is 8.49. The first-order valence-electron chi connectivity index (χ1n) is 4.49. The SMILES string of the molecule is O=c1nncc2sc3ccccc3cc1-2. The van der Waals surface area contributed by atoms with Crippen LogP contribution in [0, 0.1) is 0 Å². The number of fused-ring (bicyclic) bond motifs is 2. The Morgan fingerprint density at radius 1 is 1.20 bits per heavy atom. The molecular weight excluding hydrogens is 208 g/mol. The fraction of sp³-hybridized carbons (Fsp3) is 0. The van der Waals surface area contributed by atoms with Gasteiger partial charge in [-0.05, 0) is 17.5 Å². The summed E-state index contributed by atoms with van der Waals surface area (Å²) < 4.78 is 1.15. The summed E-state index contributed by atoms with van der Waals surface area (Å²) in [4.78, 5) is 12.3. The van der Waals surface area contributed by atoms with Crippen molar-refractivity contribution in [2.24, 2.45) is 0 Å². The van der Waals surface area contributed by atoms with Crippen molar-refractivity contribution in [2.45, 2.75) is 0 Å². The van der Waals surface area contributed by atoms with Crippen LogP contribution in [-0.2, 0) is 0 Å². The van der Waals surface area contributed by atoms with Crippen molar-refractivity contribution >= 4 is 21.4 Å². The third-order valence-corrected chi connectivity index (χ3v) is 3.40. The monoisotopic (exact) mass is 214 g/mol. The van der Waals surface area contributed by atoms with Crippen LogP contribution in [0.1, 0.15) is 0 Å². The average molecular weight is 214 g/mol. The molecule has 3 nitrogen and oxygen atoms in total. The molecule has 2 heterocycles. The van der Waals surface area contributed by atoms with Gasteiger partial charge < -0.3 is 0 Å². The van der Waals surface area contributed by atoms with Gasteiger partial charge in [-0.25, -0.2) is 0 Å². The molecule has 0 spiro atoms. The van der Waals surface area contributed by atoms with Gasteiger partial charge in [0, 0.05) is 4.70 Å². The van der Waals surface area contributed by atoms with E-state index in [2.05, 4.69) is 10.2 Å². The summed E-state index contributed by atoms with van der Waals surface area (Å²) in [5.41, 5.74) is 0.392. The second kappa shape index (κ2) is 3.10. The van der Waals surface area contributed by atoms with E-state index in [1.54, 1.807) is 17.5 Å². The molecule has 0 aromatic heterocycles. The standard InChI is InChI=1S/C11H6N2OS/c14-11-8-5-7-3-1-2-4-9(7)15-10(8)6-12-13-11/h1-6H. The highest BCUT2D eigenvalue weighted by atomic mass is 32.1. The van der Waals surface area contributed by atoms with Crippen molar-refractivity contribution in [3.05, 3.63) is 46.9 Å². The highest BCUT2D eigenvalue weighted by Gasteiger charge is 2.09. The van der Waals surface area contributed by atoms with E-state index in [0.717, 1.165) is 15.0 Å². The van der Waals surface area contributed by atoms with Gasteiger partial charge in [-0.2, -0.15) is 5.10 Å². The van der Waals surface area contributed by atoms with Crippen LogP contribution in [-0.4, -0.2) is 10.2 Å². The number of nitrogens with zero attached hydrogens (tertiary/aromatic N) is 2. The first-order valence-corrected chi connectivity index (χ1v) is 5.30. The summed E-state index contributed by atoms with van der Waals surface area (Å²) in [5.74, 6) is 0. The maximum Gasteiger partial charge on any atom is 0.296 e. The van der Waals surface area contributed by atoms with Gasteiger partial charge in [0.2, 0.25) is 0 Å². The Balaban J connectivity index is 2.54. The Morgan fingerprint density at radius 2 is 2.07 bits per heavy atom. The zero-order chi connectivity index (χ0) is 10.3. The van der Waals surface area contributed by atoms with Gasteiger partial charge >= 0.3 is 0 Å². The topological polar surface area (TPSA) is 42.9 Å². The summed E-state index contributed by atoms with van der Waals surface area (Å²) >= 11 is 1.56. The molecular formula is C11H6N2OS. The van der Waals surface area contributed by atoms with Crippen LogP contribution in [0.15, 0.2) is 41.3 Å². The molecule has 0 unspecified atom stereocenters. The Kier molecular flexibility index (Phi) is 1.76. The van der Waals surface area contributed by atoms with Gasteiger partial charge in [-0.3, -0.25) is 4.79 Å². The predicted octanol–water partition coefficient (Wildman–Crippen LogP) is 2.16. The molecule has 4 heteroatoms. The van der Waals surface area contributed by atoms with Gasteiger partial charge in [0.1, 0.15) is 0 Å². The lowest BCUT2D eigenvalue weighted by Gasteiger charge is -2.03. The van der Waals surface area contributed by atoms with Crippen LogP contribution in [0.4, 0.5) is 0 Å². The van der Waals surface area contributed by atoms with Crippen LogP contribution in [0.25, 0.3) is 20.5 Å². The zero-order valence-electron chi connectivity index (χ0n) is 7.68. The fourth-order valence-corrected chi connectivity index (χ4v) is 2.53. The van der Waals surface area contributed by atoms with Crippen LogP contribution >= 0.6 is 11.3 Å². The maximum atomic E-state index is 11.5. The van der Waals surface area contributed by atoms with E-state index in [4.69, 9.17) is 0 Å². The molecule has 0 N–H and O–H groups in total. The first-order chi connectivity index (χ1) is 7.34. The second-order valence-corrected chi connectivity index (χ2v) is 4.30. The molecule has 3 rings (SSSR count). The van der Waals surface area contributed by atoms with Crippen molar-refractivity contribution in [1.82, 2.24) is 10.2 Å². The van der Waals surface area contributed by atoms with Gasteiger partial charge in [0.25, 0.3) is 5.56 Å². The van der Waals surface area contributed by atoms with Crippen molar-refractivity contribution in [2.75, 3.05) is 0 Å². The number of aromatic nitrogens is 2. The molecule has 0 aliphatic carbocycles. The smallest absolute Gasteiger partial charge is 0.265 e. The summed E-state index contributed by atoms with van der Waals surface area (Å²) in [5, 5.41) is 8.25. The fourth-order valence-electron chi connectivity index (χ4n) is 1.54. The number of hydrogen-bond acceptors (Lipinski definition) is 4. The lowest BCUT2D eigenvalue weighted by Crippen LogP contribution is -2.10. The van der Waals surface area contributed by atoms with E-state index in [9.17, 15) is 4.79 Å². The number of benzene rings is 1. The average Bonchev–Trinajstić information content (AvgIpc) is 2.27. The van der Waals surface area contributed by atoms with Crippen molar-refractivity contribution < 1.29 is 0 Å². The van der Waals surface area contributed by atoms with Crippen molar-refractivity contribution in [1.29, 1.82) is 0 Å². The quantitative estimate of drug-likeness (QED) is 0.538. The Bertz CT molecular complexity index is 662. The minimum absolute atomic E-state index is 0.255. The Morgan fingerprint density at radius 3 is 3.00 bits per heavy atom. The molecule has 0 radical (unpaired) electrons. The van der Waals surface area contributed by atoms with Gasteiger partial charge in [-0.1, -0.05) is 18.2 Å². The van der Waals surface area contributed by atoms with Crippen molar-refractivity contribution in [3.63, 3.8) is 0 Å². The second-order valence-electron chi connectivity index (χ2n) is 3.21. The predicted molar refractivity (Wildman–Crippen MR) is 60.3 cm³/mol. The Hall–Kier alpha value is -1.81.